The molecule has 0 aromatic rings. The Labute approximate surface area is 215 Å². The molecule has 200 valence electrons. The molecule has 6 heteroatoms. The Balaban J connectivity index is 1.49. The lowest BCUT2D eigenvalue weighted by atomic mass is 9.36. The molecule has 1 spiro atoms. The van der Waals surface area contributed by atoms with Crippen molar-refractivity contribution in [1.29, 1.82) is 0 Å². The van der Waals surface area contributed by atoms with E-state index in [2.05, 4.69) is 20.8 Å². The Morgan fingerprint density at radius 3 is 2.39 bits per heavy atom. The van der Waals surface area contributed by atoms with Crippen molar-refractivity contribution in [2.75, 3.05) is 0 Å². The summed E-state index contributed by atoms with van der Waals surface area (Å²) in [7, 11) is 0. The average molecular weight is 501 g/mol. The highest BCUT2D eigenvalue weighted by Crippen LogP contribution is 2.78. The van der Waals surface area contributed by atoms with Crippen LogP contribution in [-0.4, -0.2) is 46.0 Å². The van der Waals surface area contributed by atoms with Crippen molar-refractivity contribution >= 4 is 23.6 Å². The summed E-state index contributed by atoms with van der Waals surface area (Å²) in [4.78, 5) is 53.0. The zero-order chi connectivity index (χ0) is 26.7. The van der Waals surface area contributed by atoms with Gasteiger partial charge in [0.1, 0.15) is 29.6 Å². The minimum atomic E-state index is -1.01. The van der Waals surface area contributed by atoms with Gasteiger partial charge in [-0.2, -0.15) is 0 Å². The van der Waals surface area contributed by atoms with Gasteiger partial charge in [-0.3, -0.25) is 14.4 Å². The van der Waals surface area contributed by atoms with E-state index < -0.39 is 34.1 Å². The quantitative estimate of drug-likeness (QED) is 0.426. The number of carbonyl (C=O) groups excluding carboxylic acids is 4. The van der Waals surface area contributed by atoms with Gasteiger partial charge in [-0.05, 0) is 82.5 Å². The number of ether oxygens (including phenoxy) is 1. The fraction of sp³-hybridized carbons (Fsp3) is 0.867. The first kappa shape index (κ1) is 26.2. The van der Waals surface area contributed by atoms with Gasteiger partial charge >= 0.3 is 0 Å². The lowest BCUT2D eigenvalue weighted by Gasteiger charge is -2.64. The molecule has 5 aliphatic rings. The molecule has 0 bridgehead atoms. The molecule has 0 amide bonds. The maximum absolute atomic E-state index is 14.2. The fourth-order valence-corrected chi connectivity index (χ4v) is 10.2. The minimum Gasteiger partial charge on any atom is -0.390 e. The molecule has 4 saturated carbocycles. The van der Waals surface area contributed by atoms with Crippen LogP contribution in [0.2, 0.25) is 0 Å². The standard InChI is InChI=1S/C30H44O6/c1-17(14-18(32)15-25(2,3)35)19-10-11-28(7)23-22(34)24-30(36-24)20(8-9-21(33)26(30,4)5)29(23,16-31)13-12-27(19,28)6/h16-17,19-20,23-24,35H,8-15H2,1-7H3/t17-,19-,20?,23?,24+,27-,28+,29-,30-/m1/s1. The molecule has 1 heterocycles. The van der Waals surface area contributed by atoms with E-state index in [1.165, 1.54) is 0 Å². The minimum absolute atomic E-state index is 0.0287. The molecule has 36 heavy (non-hydrogen) atoms. The van der Waals surface area contributed by atoms with Crippen LogP contribution in [0, 0.1) is 45.3 Å². The number of ketones is 3. The molecule has 0 aromatic carbocycles. The highest BCUT2D eigenvalue weighted by Gasteiger charge is 2.85. The fourth-order valence-electron chi connectivity index (χ4n) is 10.2. The lowest BCUT2D eigenvalue weighted by molar-refractivity contribution is -0.187. The highest BCUT2D eigenvalue weighted by molar-refractivity contribution is 5.99. The number of Topliss-reactive ketones (excluding diaryl/α,β-unsaturated/α-hetero) is 3. The molecule has 4 aliphatic carbocycles. The molecule has 5 fully saturated rings. The number of epoxide rings is 1. The topological polar surface area (TPSA) is 101 Å². The first-order chi connectivity index (χ1) is 16.5. The maximum atomic E-state index is 14.2. The summed E-state index contributed by atoms with van der Waals surface area (Å²) < 4.78 is 6.29. The SMILES string of the molecule is C[C@H](CC(=O)CC(C)(C)O)[C@H]1CC[C@@]2(C)C3C(=O)[C@@H]4O[C@]45C(CCC(=O)C5(C)C)[C@]3(C=O)CC[C@]12C. The van der Waals surface area contributed by atoms with Gasteiger partial charge in [0.2, 0.25) is 0 Å². The van der Waals surface area contributed by atoms with Gasteiger partial charge in [0.25, 0.3) is 0 Å². The molecule has 2 unspecified atom stereocenters. The maximum Gasteiger partial charge on any atom is 0.169 e. The van der Waals surface area contributed by atoms with Crippen molar-refractivity contribution < 1.29 is 29.0 Å². The van der Waals surface area contributed by atoms with Crippen LogP contribution in [0.15, 0.2) is 0 Å². The Morgan fingerprint density at radius 2 is 1.78 bits per heavy atom. The van der Waals surface area contributed by atoms with E-state index in [0.29, 0.717) is 25.7 Å². The van der Waals surface area contributed by atoms with Gasteiger partial charge in [-0.25, -0.2) is 0 Å². The molecule has 1 aliphatic heterocycles. The predicted octanol–water partition coefficient (Wildman–Crippen LogP) is 4.49. The molecular formula is C30H44O6. The molecule has 0 radical (unpaired) electrons. The molecule has 1 N–H and O–H groups in total. The Kier molecular flexibility index (Phi) is 5.53. The zero-order valence-electron chi connectivity index (χ0n) is 23.1. The third-order valence-corrected chi connectivity index (χ3v) is 12.1. The van der Waals surface area contributed by atoms with Crippen molar-refractivity contribution in [3.63, 3.8) is 0 Å². The smallest absolute Gasteiger partial charge is 0.169 e. The summed E-state index contributed by atoms with van der Waals surface area (Å²) in [6.45, 7) is 13.8. The van der Waals surface area contributed by atoms with Crippen LogP contribution in [0.25, 0.3) is 0 Å². The third-order valence-electron chi connectivity index (χ3n) is 12.1. The zero-order valence-corrected chi connectivity index (χ0v) is 23.1. The summed E-state index contributed by atoms with van der Waals surface area (Å²) in [5.74, 6) is 0.101. The summed E-state index contributed by atoms with van der Waals surface area (Å²) in [5, 5.41) is 10.1. The number of fused-ring (bicyclic) bond motifs is 4. The second kappa shape index (κ2) is 7.59. The van der Waals surface area contributed by atoms with Gasteiger partial charge in [0, 0.05) is 36.5 Å². The largest absolute Gasteiger partial charge is 0.390 e. The van der Waals surface area contributed by atoms with Gasteiger partial charge in [-0.15, -0.1) is 0 Å². The molecule has 5 rings (SSSR count). The van der Waals surface area contributed by atoms with Gasteiger partial charge in [0.05, 0.1) is 11.0 Å². The predicted molar refractivity (Wildman–Crippen MR) is 134 cm³/mol. The molecule has 9 atom stereocenters. The number of hydrogen-bond donors (Lipinski definition) is 1. The van der Waals surface area contributed by atoms with Crippen molar-refractivity contribution in [1.82, 2.24) is 0 Å². The van der Waals surface area contributed by atoms with Crippen LogP contribution >= 0.6 is 0 Å². The number of aldehydes is 1. The first-order valence-corrected chi connectivity index (χ1v) is 14.0. The summed E-state index contributed by atoms with van der Waals surface area (Å²) in [5.41, 5.74) is -3.97. The highest BCUT2D eigenvalue weighted by atomic mass is 16.6. The van der Waals surface area contributed by atoms with Crippen molar-refractivity contribution in [2.45, 2.75) is 117 Å². The number of aliphatic hydroxyl groups is 1. The number of carbonyl (C=O) groups is 4. The van der Waals surface area contributed by atoms with E-state index in [-0.39, 0.29) is 52.4 Å². The normalized spacial score (nSPS) is 47.8. The average Bonchev–Trinajstić information content (AvgIpc) is 3.45. The molecule has 1 saturated heterocycles. The lowest BCUT2D eigenvalue weighted by Crippen LogP contribution is -2.69. The third kappa shape index (κ3) is 3.03. The van der Waals surface area contributed by atoms with Crippen LogP contribution in [-0.2, 0) is 23.9 Å². The summed E-state index contributed by atoms with van der Waals surface area (Å²) in [6, 6.07) is 0. The van der Waals surface area contributed by atoms with Crippen LogP contribution < -0.4 is 0 Å². The van der Waals surface area contributed by atoms with Crippen LogP contribution in [0.5, 0.6) is 0 Å². The summed E-state index contributed by atoms with van der Waals surface area (Å²) in [6.07, 6.45) is 5.33. The van der Waals surface area contributed by atoms with E-state index in [1.54, 1.807) is 13.8 Å². The van der Waals surface area contributed by atoms with E-state index >= 15 is 0 Å². The second-order valence-corrected chi connectivity index (χ2v) is 14.7. The number of rotatable bonds is 6. The van der Waals surface area contributed by atoms with Crippen molar-refractivity contribution in [2.24, 2.45) is 45.3 Å². The van der Waals surface area contributed by atoms with Gasteiger partial charge < -0.3 is 14.6 Å². The molecule has 6 nitrogen and oxygen atoms in total. The Morgan fingerprint density at radius 1 is 1.11 bits per heavy atom. The monoisotopic (exact) mass is 500 g/mol. The Hall–Kier alpha value is -1.40. The van der Waals surface area contributed by atoms with Crippen LogP contribution in [0.3, 0.4) is 0 Å². The van der Waals surface area contributed by atoms with Crippen LogP contribution in [0.4, 0.5) is 0 Å². The van der Waals surface area contributed by atoms with E-state index in [0.717, 1.165) is 25.5 Å². The molecule has 0 aromatic heterocycles. The molecular weight excluding hydrogens is 456 g/mol. The van der Waals surface area contributed by atoms with Crippen molar-refractivity contribution in [3.05, 3.63) is 0 Å². The van der Waals surface area contributed by atoms with Gasteiger partial charge in [0.15, 0.2) is 5.78 Å². The van der Waals surface area contributed by atoms with Crippen LogP contribution in [0.1, 0.15) is 99.8 Å². The van der Waals surface area contributed by atoms with Gasteiger partial charge in [-0.1, -0.05) is 20.8 Å². The second-order valence-electron chi connectivity index (χ2n) is 14.7. The van der Waals surface area contributed by atoms with E-state index in [1.807, 2.05) is 13.8 Å². The van der Waals surface area contributed by atoms with E-state index in [9.17, 15) is 24.3 Å². The Bertz CT molecular complexity index is 1020. The first-order valence-electron chi connectivity index (χ1n) is 14.0. The number of hydrogen-bond acceptors (Lipinski definition) is 6. The summed E-state index contributed by atoms with van der Waals surface area (Å²) >= 11 is 0. The van der Waals surface area contributed by atoms with Crippen molar-refractivity contribution in [3.8, 4) is 0 Å². The van der Waals surface area contributed by atoms with E-state index in [4.69, 9.17) is 4.74 Å².